The summed E-state index contributed by atoms with van der Waals surface area (Å²) in [4.78, 5) is 0. The van der Waals surface area contributed by atoms with Crippen molar-refractivity contribution >= 4 is 12.4 Å². The first-order chi connectivity index (χ1) is 7.67. The molecule has 1 aromatic carbocycles. The van der Waals surface area contributed by atoms with Crippen molar-refractivity contribution in [2.75, 3.05) is 6.61 Å². The molecule has 0 heterocycles. The van der Waals surface area contributed by atoms with Gasteiger partial charge in [-0.2, -0.15) is 0 Å². The van der Waals surface area contributed by atoms with Crippen molar-refractivity contribution in [2.45, 2.75) is 46.1 Å². The molecule has 3 heteroatoms. The van der Waals surface area contributed by atoms with E-state index in [-0.39, 0.29) is 18.4 Å². The lowest BCUT2D eigenvalue weighted by molar-refractivity contribution is 0.313. The molecule has 0 amide bonds. The van der Waals surface area contributed by atoms with Gasteiger partial charge in [-0.15, -0.1) is 12.4 Å². The summed E-state index contributed by atoms with van der Waals surface area (Å²) >= 11 is 0. The lowest BCUT2D eigenvalue weighted by Gasteiger charge is -2.14. The summed E-state index contributed by atoms with van der Waals surface area (Å²) in [5.74, 6) is 1.01. The highest BCUT2D eigenvalue weighted by atomic mass is 35.5. The molecular formula is C14H24ClNO. The van der Waals surface area contributed by atoms with Gasteiger partial charge in [-0.1, -0.05) is 26.0 Å². The van der Waals surface area contributed by atoms with Crippen LogP contribution in [0.25, 0.3) is 0 Å². The van der Waals surface area contributed by atoms with Crippen molar-refractivity contribution in [3.8, 4) is 5.75 Å². The van der Waals surface area contributed by atoms with E-state index in [4.69, 9.17) is 10.5 Å². The van der Waals surface area contributed by atoms with Crippen molar-refractivity contribution in [1.29, 1.82) is 0 Å². The third-order valence-electron chi connectivity index (χ3n) is 2.69. The standard InChI is InChI=1S/C14H23NO.ClH/c1-4-8-16-14-9-11(3)6-7-12(14)10-13(15)5-2;/h6-7,9,13H,4-5,8,10,15H2,1-3H3;1H. The van der Waals surface area contributed by atoms with Gasteiger partial charge in [-0.3, -0.25) is 0 Å². The van der Waals surface area contributed by atoms with Gasteiger partial charge in [-0.25, -0.2) is 0 Å². The van der Waals surface area contributed by atoms with Gasteiger partial charge < -0.3 is 10.5 Å². The smallest absolute Gasteiger partial charge is 0.122 e. The molecule has 1 aromatic rings. The first-order valence-corrected chi connectivity index (χ1v) is 6.15. The number of rotatable bonds is 6. The van der Waals surface area contributed by atoms with Gasteiger partial charge in [0.25, 0.3) is 0 Å². The summed E-state index contributed by atoms with van der Waals surface area (Å²) in [5, 5.41) is 0. The lowest BCUT2D eigenvalue weighted by Crippen LogP contribution is -2.21. The van der Waals surface area contributed by atoms with Crippen LogP contribution < -0.4 is 10.5 Å². The molecule has 2 N–H and O–H groups in total. The Kier molecular flexibility index (Phi) is 8.01. The highest BCUT2D eigenvalue weighted by molar-refractivity contribution is 5.85. The molecule has 0 aliphatic carbocycles. The van der Waals surface area contributed by atoms with Gasteiger partial charge in [0.2, 0.25) is 0 Å². The molecule has 98 valence electrons. The van der Waals surface area contributed by atoms with Crippen LogP contribution in [-0.4, -0.2) is 12.6 Å². The van der Waals surface area contributed by atoms with E-state index in [0.29, 0.717) is 0 Å². The number of ether oxygens (including phenoxy) is 1. The molecule has 0 saturated carbocycles. The van der Waals surface area contributed by atoms with Crippen molar-refractivity contribution < 1.29 is 4.74 Å². The number of benzene rings is 1. The fraction of sp³-hybridized carbons (Fsp3) is 0.571. The van der Waals surface area contributed by atoms with Crippen molar-refractivity contribution in [3.05, 3.63) is 29.3 Å². The third kappa shape index (κ3) is 5.42. The van der Waals surface area contributed by atoms with Gasteiger partial charge in [0.1, 0.15) is 5.75 Å². The minimum absolute atomic E-state index is 0. The minimum Gasteiger partial charge on any atom is -0.493 e. The first-order valence-electron chi connectivity index (χ1n) is 6.15. The Balaban J connectivity index is 0.00000256. The van der Waals surface area contributed by atoms with Crippen molar-refractivity contribution in [3.63, 3.8) is 0 Å². The van der Waals surface area contributed by atoms with Crippen LogP contribution in [0.15, 0.2) is 18.2 Å². The zero-order chi connectivity index (χ0) is 12.0. The fourth-order valence-corrected chi connectivity index (χ4v) is 1.60. The van der Waals surface area contributed by atoms with Gasteiger partial charge in [0.05, 0.1) is 6.61 Å². The second-order valence-electron chi connectivity index (χ2n) is 4.33. The Labute approximate surface area is 111 Å². The summed E-state index contributed by atoms with van der Waals surface area (Å²) in [6.45, 7) is 7.10. The average Bonchev–Trinajstić information content (AvgIpc) is 2.29. The Bertz CT molecular complexity index is 328. The maximum absolute atomic E-state index is 5.99. The number of halogens is 1. The van der Waals surface area contributed by atoms with Gasteiger partial charge in [0, 0.05) is 6.04 Å². The molecule has 1 atom stereocenters. The number of aryl methyl sites for hydroxylation is 1. The fourth-order valence-electron chi connectivity index (χ4n) is 1.60. The van der Waals surface area contributed by atoms with E-state index in [9.17, 15) is 0 Å². The van der Waals surface area contributed by atoms with E-state index in [1.165, 1.54) is 11.1 Å². The Morgan fingerprint density at radius 2 is 2.00 bits per heavy atom. The molecule has 0 aliphatic rings. The number of hydrogen-bond donors (Lipinski definition) is 1. The minimum atomic E-state index is 0. The van der Waals surface area contributed by atoms with E-state index in [1.807, 2.05) is 0 Å². The van der Waals surface area contributed by atoms with Crippen LogP contribution in [0.4, 0.5) is 0 Å². The monoisotopic (exact) mass is 257 g/mol. The molecule has 0 spiro atoms. The van der Waals surface area contributed by atoms with Crippen LogP contribution in [0, 0.1) is 6.92 Å². The summed E-state index contributed by atoms with van der Waals surface area (Å²) in [6.07, 6.45) is 2.93. The number of nitrogens with two attached hydrogens (primary N) is 1. The van der Waals surface area contributed by atoms with Gasteiger partial charge in [-0.05, 0) is 43.4 Å². The Hall–Kier alpha value is -0.730. The van der Waals surface area contributed by atoms with Crippen LogP contribution in [0.3, 0.4) is 0 Å². The van der Waals surface area contributed by atoms with E-state index in [0.717, 1.165) is 31.6 Å². The first kappa shape index (κ1) is 16.3. The van der Waals surface area contributed by atoms with E-state index in [1.54, 1.807) is 0 Å². The molecule has 0 fully saturated rings. The summed E-state index contributed by atoms with van der Waals surface area (Å²) in [7, 11) is 0. The molecule has 2 nitrogen and oxygen atoms in total. The summed E-state index contributed by atoms with van der Waals surface area (Å²) in [6, 6.07) is 6.59. The largest absolute Gasteiger partial charge is 0.493 e. The second kappa shape index (κ2) is 8.37. The van der Waals surface area contributed by atoms with Crippen LogP contribution in [-0.2, 0) is 6.42 Å². The van der Waals surface area contributed by atoms with Crippen molar-refractivity contribution in [2.24, 2.45) is 5.73 Å². The molecule has 0 radical (unpaired) electrons. The summed E-state index contributed by atoms with van der Waals surface area (Å²) < 4.78 is 5.76. The molecule has 0 bridgehead atoms. The zero-order valence-electron chi connectivity index (χ0n) is 11.0. The molecule has 1 unspecified atom stereocenters. The van der Waals surface area contributed by atoms with E-state index in [2.05, 4.69) is 39.0 Å². The number of hydrogen-bond acceptors (Lipinski definition) is 2. The Morgan fingerprint density at radius 3 is 2.59 bits per heavy atom. The van der Waals surface area contributed by atoms with Crippen LogP contribution in [0.1, 0.15) is 37.8 Å². The van der Waals surface area contributed by atoms with Crippen molar-refractivity contribution in [1.82, 2.24) is 0 Å². The molecule has 0 aliphatic heterocycles. The van der Waals surface area contributed by atoms with E-state index >= 15 is 0 Å². The summed E-state index contributed by atoms with van der Waals surface area (Å²) in [5.41, 5.74) is 8.45. The highest BCUT2D eigenvalue weighted by Crippen LogP contribution is 2.22. The van der Waals surface area contributed by atoms with E-state index < -0.39 is 0 Å². The maximum atomic E-state index is 5.99. The predicted octanol–water partition coefficient (Wildman–Crippen LogP) is 3.49. The zero-order valence-corrected chi connectivity index (χ0v) is 11.8. The SMILES string of the molecule is CCCOc1cc(C)ccc1CC(N)CC.Cl. The van der Waals surface area contributed by atoms with Crippen LogP contribution in [0.2, 0.25) is 0 Å². The molecule has 17 heavy (non-hydrogen) atoms. The third-order valence-corrected chi connectivity index (χ3v) is 2.69. The van der Waals surface area contributed by atoms with Gasteiger partial charge in [0.15, 0.2) is 0 Å². The normalized spacial score (nSPS) is 11.8. The molecule has 0 saturated heterocycles. The van der Waals surface area contributed by atoms with Gasteiger partial charge >= 0.3 is 0 Å². The maximum Gasteiger partial charge on any atom is 0.122 e. The molecule has 1 rings (SSSR count). The Morgan fingerprint density at radius 1 is 1.29 bits per heavy atom. The molecular weight excluding hydrogens is 234 g/mol. The quantitative estimate of drug-likeness (QED) is 0.847. The lowest BCUT2D eigenvalue weighted by atomic mass is 10.0. The predicted molar refractivity (Wildman–Crippen MR) is 76.2 cm³/mol. The molecule has 0 aromatic heterocycles. The van der Waals surface area contributed by atoms with Crippen LogP contribution >= 0.6 is 12.4 Å². The second-order valence-corrected chi connectivity index (χ2v) is 4.33. The average molecular weight is 258 g/mol. The van der Waals surface area contributed by atoms with Crippen LogP contribution in [0.5, 0.6) is 5.75 Å². The highest BCUT2D eigenvalue weighted by Gasteiger charge is 2.07. The topological polar surface area (TPSA) is 35.2 Å².